The molecule has 0 spiro atoms. The Bertz CT molecular complexity index is 638. The summed E-state index contributed by atoms with van der Waals surface area (Å²) < 4.78 is 2.30. The fourth-order valence-electron chi connectivity index (χ4n) is 2.26. The number of hydrogen-bond donors (Lipinski definition) is 1. The summed E-state index contributed by atoms with van der Waals surface area (Å²) in [6.07, 6.45) is 4.77. The molecular formula is C14H17BrN4O2. The molecule has 0 aliphatic rings. The Morgan fingerprint density at radius 3 is 2.90 bits per heavy atom. The van der Waals surface area contributed by atoms with Crippen LogP contribution >= 0.6 is 15.9 Å². The summed E-state index contributed by atoms with van der Waals surface area (Å²) in [5, 5.41) is 18.5. The van der Waals surface area contributed by atoms with Gasteiger partial charge in [-0.2, -0.15) is 5.10 Å². The van der Waals surface area contributed by atoms with E-state index >= 15 is 0 Å². The molecule has 1 N–H and O–H groups in total. The molecule has 0 bridgehead atoms. The van der Waals surface area contributed by atoms with Crippen molar-refractivity contribution in [1.82, 2.24) is 15.1 Å². The molecule has 7 heteroatoms. The molecule has 1 aromatic heterocycles. The smallest absolute Gasteiger partial charge is 0.283 e. The minimum atomic E-state index is -0.393. The molecule has 112 valence electrons. The number of nitro benzene ring substituents is 1. The topological polar surface area (TPSA) is 73.0 Å². The molecule has 0 aliphatic heterocycles. The Morgan fingerprint density at radius 2 is 2.29 bits per heavy atom. The molecule has 1 heterocycles. The number of nitrogens with zero attached hydrogens (tertiary/aromatic N) is 3. The molecule has 0 saturated heterocycles. The molecule has 2 aromatic rings. The summed E-state index contributed by atoms with van der Waals surface area (Å²) in [4.78, 5) is 10.5. The zero-order valence-electron chi connectivity index (χ0n) is 11.9. The van der Waals surface area contributed by atoms with Gasteiger partial charge in [0.05, 0.1) is 17.7 Å². The van der Waals surface area contributed by atoms with Crippen LogP contribution in [0.1, 0.15) is 30.5 Å². The van der Waals surface area contributed by atoms with Crippen molar-refractivity contribution in [2.45, 2.75) is 25.9 Å². The molecule has 0 fully saturated rings. The lowest BCUT2D eigenvalue weighted by Crippen LogP contribution is -2.14. The zero-order chi connectivity index (χ0) is 15.4. The first-order valence-electron chi connectivity index (χ1n) is 6.68. The lowest BCUT2D eigenvalue weighted by molar-refractivity contribution is -0.385. The van der Waals surface area contributed by atoms with E-state index in [2.05, 4.69) is 33.3 Å². The number of aromatic nitrogens is 2. The third-order valence-electron chi connectivity index (χ3n) is 3.40. The van der Waals surface area contributed by atoms with Gasteiger partial charge in [-0.05, 0) is 35.0 Å². The van der Waals surface area contributed by atoms with E-state index in [1.807, 2.05) is 25.5 Å². The van der Waals surface area contributed by atoms with E-state index < -0.39 is 4.92 Å². The Hall–Kier alpha value is -1.73. The van der Waals surface area contributed by atoms with Crippen molar-refractivity contribution in [2.24, 2.45) is 0 Å². The third kappa shape index (κ3) is 3.48. The van der Waals surface area contributed by atoms with Crippen LogP contribution in [-0.4, -0.2) is 21.8 Å². The largest absolute Gasteiger partial charge is 0.313 e. The van der Waals surface area contributed by atoms with Gasteiger partial charge in [0.2, 0.25) is 0 Å². The molecular weight excluding hydrogens is 336 g/mol. The van der Waals surface area contributed by atoms with Crippen LogP contribution in [0.5, 0.6) is 0 Å². The quantitative estimate of drug-likeness (QED) is 0.639. The Kier molecular flexibility index (Phi) is 5.08. The van der Waals surface area contributed by atoms with Crippen LogP contribution in [0.25, 0.3) is 0 Å². The van der Waals surface area contributed by atoms with E-state index in [1.165, 1.54) is 6.07 Å². The maximum absolute atomic E-state index is 10.9. The molecule has 1 unspecified atom stereocenters. The Balaban J connectivity index is 2.23. The molecule has 1 aromatic carbocycles. The second-order valence-electron chi connectivity index (χ2n) is 4.73. The molecule has 6 nitrogen and oxygen atoms in total. The van der Waals surface area contributed by atoms with E-state index in [9.17, 15) is 10.1 Å². The Labute approximate surface area is 131 Å². The number of nitro groups is 1. The zero-order valence-corrected chi connectivity index (χ0v) is 13.5. The molecule has 0 amide bonds. The van der Waals surface area contributed by atoms with E-state index in [0.29, 0.717) is 11.0 Å². The predicted molar refractivity (Wildman–Crippen MR) is 84.2 cm³/mol. The highest BCUT2D eigenvalue weighted by Crippen LogP contribution is 2.28. The van der Waals surface area contributed by atoms with Gasteiger partial charge in [-0.1, -0.05) is 19.1 Å². The first-order chi connectivity index (χ1) is 10.1. The summed E-state index contributed by atoms with van der Waals surface area (Å²) in [7, 11) is 1.92. The highest BCUT2D eigenvalue weighted by atomic mass is 79.9. The highest BCUT2D eigenvalue weighted by molar-refractivity contribution is 9.10. The second kappa shape index (κ2) is 6.82. The standard InChI is InChI=1S/C14H17BrN4O2/c1-3-12(16-2)11-7-17-18(9-11)8-10-5-4-6-13(14(10)15)19(20)21/h4-7,9,12,16H,3,8H2,1-2H3. The van der Waals surface area contributed by atoms with Crippen LogP contribution in [-0.2, 0) is 6.54 Å². The number of halogens is 1. The normalized spacial score (nSPS) is 12.3. The summed E-state index contributed by atoms with van der Waals surface area (Å²) in [6, 6.07) is 5.29. The number of rotatable bonds is 6. The van der Waals surface area contributed by atoms with Crippen LogP contribution in [0, 0.1) is 10.1 Å². The van der Waals surface area contributed by atoms with Gasteiger partial charge in [0.15, 0.2) is 0 Å². The molecule has 1 atom stereocenters. The SMILES string of the molecule is CCC(NC)c1cnn(Cc2cccc([N+](=O)[O-])c2Br)c1. The molecule has 0 saturated carbocycles. The minimum Gasteiger partial charge on any atom is -0.313 e. The van der Waals surface area contributed by atoms with E-state index in [-0.39, 0.29) is 11.7 Å². The minimum absolute atomic E-state index is 0.0709. The van der Waals surface area contributed by atoms with Gasteiger partial charge in [0.25, 0.3) is 5.69 Å². The van der Waals surface area contributed by atoms with Crippen LogP contribution in [0.2, 0.25) is 0 Å². The maximum Gasteiger partial charge on any atom is 0.283 e. The van der Waals surface area contributed by atoms with Crippen molar-refractivity contribution in [3.8, 4) is 0 Å². The Morgan fingerprint density at radius 1 is 1.52 bits per heavy atom. The van der Waals surface area contributed by atoms with Gasteiger partial charge < -0.3 is 5.32 Å². The molecule has 0 aliphatic carbocycles. The summed E-state index contributed by atoms with van der Waals surface area (Å²) >= 11 is 3.31. The van der Waals surface area contributed by atoms with E-state index in [0.717, 1.165) is 17.5 Å². The fraction of sp³-hybridized carbons (Fsp3) is 0.357. The van der Waals surface area contributed by atoms with Gasteiger partial charge in [-0.25, -0.2) is 0 Å². The molecule has 2 rings (SSSR count). The maximum atomic E-state index is 10.9. The molecule has 21 heavy (non-hydrogen) atoms. The first-order valence-corrected chi connectivity index (χ1v) is 7.47. The fourth-order valence-corrected chi connectivity index (χ4v) is 2.79. The third-order valence-corrected chi connectivity index (χ3v) is 4.32. The van der Waals surface area contributed by atoms with Crippen molar-refractivity contribution >= 4 is 21.6 Å². The van der Waals surface area contributed by atoms with Crippen molar-refractivity contribution in [3.63, 3.8) is 0 Å². The van der Waals surface area contributed by atoms with Crippen molar-refractivity contribution in [3.05, 3.63) is 56.3 Å². The molecule has 0 radical (unpaired) electrons. The van der Waals surface area contributed by atoms with Gasteiger partial charge in [-0.15, -0.1) is 0 Å². The lowest BCUT2D eigenvalue weighted by Gasteiger charge is -2.10. The van der Waals surface area contributed by atoms with Crippen molar-refractivity contribution in [1.29, 1.82) is 0 Å². The predicted octanol–water partition coefficient (Wildman–Crippen LogP) is 3.27. The highest BCUT2D eigenvalue weighted by Gasteiger charge is 2.16. The first kappa shape index (κ1) is 15.7. The second-order valence-corrected chi connectivity index (χ2v) is 5.52. The van der Waals surface area contributed by atoms with Gasteiger partial charge >= 0.3 is 0 Å². The summed E-state index contributed by atoms with van der Waals surface area (Å²) in [5.74, 6) is 0. The average molecular weight is 353 g/mol. The van der Waals surface area contributed by atoms with E-state index in [1.54, 1.807) is 10.7 Å². The lowest BCUT2D eigenvalue weighted by atomic mass is 10.1. The number of nitrogens with one attached hydrogen (secondary N) is 1. The van der Waals surface area contributed by atoms with Crippen molar-refractivity contribution < 1.29 is 4.92 Å². The van der Waals surface area contributed by atoms with Gasteiger partial charge in [-0.3, -0.25) is 14.8 Å². The summed E-state index contributed by atoms with van der Waals surface area (Å²) in [6.45, 7) is 2.60. The average Bonchev–Trinajstić information content (AvgIpc) is 2.91. The monoisotopic (exact) mass is 352 g/mol. The van der Waals surface area contributed by atoms with Crippen LogP contribution < -0.4 is 5.32 Å². The summed E-state index contributed by atoms with van der Waals surface area (Å²) in [5.41, 5.74) is 2.01. The van der Waals surface area contributed by atoms with Gasteiger partial charge in [0.1, 0.15) is 4.47 Å². The van der Waals surface area contributed by atoms with Crippen LogP contribution in [0.3, 0.4) is 0 Å². The number of benzene rings is 1. The van der Waals surface area contributed by atoms with E-state index in [4.69, 9.17) is 0 Å². The number of hydrogen-bond acceptors (Lipinski definition) is 4. The van der Waals surface area contributed by atoms with Gasteiger partial charge in [0, 0.05) is 23.9 Å². The van der Waals surface area contributed by atoms with Crippen LogP contribution in [0.4, 0.5) is 5.69 Å². The van der Waals surface area contributed by atoms with Crippen LogP contribution in [0.15, 0.2) is 35.1 Å². The van der Waals surface area contributed by atoms with Crippen molar-refractivity contribution in [2.75, 3.05) is 7.05 Å².